The highest BCUT2D eigenvalue weighted by atomic mass is 35.5. The summed E-state index contributed by atoms with van der Waals surface area (Å²) >= 11 is 6.22. The van der Waals surface area contributed by atoms with E-state index in [9.17, 15) is 4.39 Å². The van der Waals surface area contributed by atoms with Gasteiger partial charge in [0.1, 0.15) is 35.9 Å². The zero-order valence-electron chi connectivity index (χ0n) is 13.9. The second kappa shape index (κ2) is 7.66. The maximum Gasteiger partial charge on any atom is 0.242 e. The summed E-state index contributed by atoms with van der Waals surface area (Å²) in [6, 6.07) is 10.9. The molecule has 25 heavy (non-hydrogen) atoms. The summed E-state index contributed by atoms with van der Waals surface area (Å²) in [6.45, 7) is 4.24. The molecule has 6 heteroatoms. The first kappa shape index (κ1) is 17.4. The molecule has 0 aliphatic carbocycles. The van der Waals surface area contributed by atoms with Crippen LogP contribution in [0.15, 0.2) is 54.5 Å². The molecule has 0 aromatic heterocycles. The van der Waals surface area contributed by atoms with Crippen molar-refractivity contribution in [2.75, 3.05) is 6.61 Å². The first-order valence-corrected chi connectivity index (χ1v) is 8.26. The summed E-state index contributed by atoms with van der Waals surface area (Å²) in [4.78, 5) is 0. The minimum Gasteiger partial charge on any atom is -0.484 e. The molecular weight excluding hydrogens is 347 g/mol. The van der Waals surface area contributed by atoms with E-state index in [1.54, 1.807) is 36.6 Å². The third kappa shape index (κ3) is 4.57. The molecule has 2 aromatic rings. The number of hydrogen-bond donors (Lipinski definition) is 0. The van der Waals surface area contributed by atoms with E-state index in [1.807, 2.05) is 13.8 Å². The SMILES string of the molecule is CC(C)C1OC=C(COc2ccc(Oc3cccc(F)c3)cc2Cl)O1. The van der Waals surface area contributed by atoms with Gasteiger partial charge in [-0.05, 0) is 24.3 Å². The third-order valence-corrected chi connectivity index (χ3v) is 3.75. The first-order valence-electron chi connectivity index (χ1n) is 7.88. The van der Waals surface area contributed by atoms with Crippen molar-refractivity contribution in [1.29, 1.82) is 0 Å². The van der Waals surface area contributed by atoms with Crippen molar-refractivity contribution in [1.82, 2.24) is 0 Å². The van der Waals surface area contributed by atoms with Gasteiger partial charge < -0.3 is 18.9 Å². The Balaban J connectivity index is 1.59. The minimum absolute atomic E-state index is 0.215. The van der Waals surface area contributed by atoms with Crippen LogP contribution in [0, 0.1) is 11.7 Å². The molecule has 1 heterocycles. The van der Waals surface area contributed by atoms with Gasteiger partial charge in [-0.1, -0.05) is 31.5 Å². The molecule has 4 nitrogen and oxygen atoms in total. The van der Waals surface area contributed by atoms with E-state index in [4.69, 9.17) is 30.5 Å². The van der Waals surface area contributed by atoms with Crippen molar-refractivity contribution in [3.05, 3.63) is 65.3 Å². The largest absolute Gasteiger partial charge is 0.484 e. The number of ether oxygens (including phenoxy) is 4. The highest BCUT2D eigenvalue weighted by molar-refractivity contribution is 6.32. The third-order valence-electron chi connectivity index (χ3n) is 3.45. The molecule has 0 spiro atoms. The lowest BCUT2D eigenvalue weighted by molar-refractivity contribution is -0.0675. The predicted molar refractivity (Wildman–Crippen MR) is 92.3 cm³/mol. The molecule has 1 unspecified atom stereocenters. The summed E-state index contributed by atoms with van der Waals surface area (Å²) < 4.78 is 35.4. The van der Waals surface area contributed by atoms with Crippen LogP contribution in [-0.4, -0.2) is 12.9 Å². The van der Waals surface area contributed by atoms with E-state index in [1.165, 1.54) is 12.1 Å². The quantitative estimate of drug-likeness (QED) is 0.676. The lowest BCUT2D eigenvalue weighted by Gasteiger charge is -2.15. The highest BCUT2D eigenvalue weighted by Gasteiger charge is 2.23. The van der Waals surface area contributed by atoms with E-state index in [0.717, 1.165) is 0 Å². The van der Waals surface area contributed by atoms with Gasteiger partial charge in [-0.25, -0.2) is 4.39 Å². The van der Waals surface area contributed by atoms with Crippen molar-refractivity contribution < 1.29 is 23.3 Å². The van der Waals surface area contributed by atoms with Crippen molar-refractivity contribution in [3.63, 3.8) is 0 Å². The number of benzene rings is 2. The second-order valence-electron chi connectivity index (χ2n) is 5.89. The Hall–Kier alpha value is -2.40. The fourth-order valence-electron chi connectivity index (χ4n) is 2.19. The lowest BCUT2D eigenvalue weighted by Crippen LogP contribution is -2.17. The molecule has 0 fully saturated rings. The van der Waals surface area contributed by atoms with Gasteiger partial charge in [-0.3, -0.25) is 0 Å². The topological polar surface area (TPSA) is 36.9 Å². The summed E-state index contributed by atoms with van der Waals surface area (Å²) in [5.74, 6) is 1.86. The molecule has 2 aromatic carbocycles. The zero-order chi connectivity index (χ0) is 17.8. The van der Waals surface area contributed by atoms with Crippen LogP contribution in [0.25, 0.3) is 0 Å². The first-order chi connectivity index (χ1) is 12.0. The Labute approximate surface area is 150 Å². The summed E-state index contributed by atoms with van der Waals surface area (Å²) in [6.07, 6.45) is 1.27. The fraction of sp³-hybridized carbons (Fsp3) is 0.263. The van der Waals surface area contributed by atoms with Crippen LogP contribution >= 0.6 is 11.6 Å². The highest BCUT2D eigenvalue weighted by Crippen LogP contribution is 2.32. The predicted octanol–water partition coefficient (Wildman–Crippen LogP) is 5.52. The minimum atomic E-state index is -0.365. The molecule has 1 aliphatic rings. The number of hydrogen-bond acceptors (Lipinski definition) is 4. The molecule has 1 aliphatic heterocycles. The Morgan fingerprint density at radius 3 is 2.64 bits per heavy atom. The van der Waals surface area contributed by atoms with Gasteiger partial charge in [0.2, 0.25) is 6.29 Å². The van der Waals surface area contributed by atoms with Crippen molar-refractivity contribution >= 4 is 11.6 Å². The van der Waals surface area contributed by atoms with Gasteiger partial charge in [-0.15, -0.1) is 0 Å². The molecule has 132 valence electrons. The maximum absolute atomic E-state index is 13.2. The van der Waals surface area contributed by atoms with E-state index < -0.39 is 0 Å². The van der Waals surface area contributed by atoms with Crippen molar-refractivity contribution in [3.8, 4) is 17.2 Å². The smallest absolute Gasteiger partial charge is 0.242 e. The average Bonchev–Trinajstić information content (AvgIpc) is 3.03. The molecule has 1 atom stereocenters. The van der Waals surface area contributed by atoms with E-state index in [2.05, 4.69) is 0 Å². The van der Waals surface area contributed by atoms with E-state index >= 15 is 0 Å². The van der Waals surface area contributed by atoms with Gasteiger partial charge in [0.15, 0.2) is 5.76 Å². The molecule has 3 rings (SSSR count). The van der Waals surface area contributed by atoms with Gasteiger partial charge in [0, 0.05) is 18.1 Å². The fourth-order valence-corrected chi connectivity index (χ4v) is 2.41. The number of rotatable bonds is 6. The Kier molecular flexibility index (Phi) is 5.34. The standard InChI is InChI=1S/C19H18ClFO4/c1-12(2)19-23-11-16(25-19)10-22-18-7-6-15(9-17(18)20)24-14-5-3-4-13(21)8-14/h3-9,11-12,19H,10H2,1-2H3. The van der Waals surface area contributed by atoms with Crippen LogP contribution in [0.2, 0.25) is 5.02 Å². The summed E-state index contributed by atoms with van der Waals surface area (Å²) in [5, 5.41) is 0.383. The normalized spacial score (nSPS) is 16.2. The van der Waals surface area contributed by atoms with Crippen molar-refractivity contribution in [2.24, 2.45) is 5.92 Å². The van der Waals surface area contributed by atoms with Crippen LogP contribution in [0.4, 0.5) is 4.39 Å². The van der Waals surface area contributed by atoms with Crippen molar-refractivity contribution in [2.45, 2.75) is 20.1 Å². The Morgan fingerprint density at radius 2 is 1.96 bits per heavy atom. The van der Waals surface area contributed by atoms with Gasteiger partial charge >= 0.3 is 0 Å². The molecule has 0 amide bonds. The second-order valence-corrected chi connectivity index (χ2v) is 6.30. The average molecular weight is 365 g/mol. The number of halogens is 2. The zero-order valence-corrected chi connectivity index (χ0v) is 14.6. The monoisotopic (exact) mass is 364 g/mol. The Morgan fingerprint density at radius 1 is 1.16 bits per heavy atom. The Bertz CT molecular complexity index is 776. The van der Waals surface area contributed by atoms with E-state index in [-0.39, 0.29) is 24.6 Å². The van der Waals surface area contributed by atoms with Crippen LogP contribution in [0.3, 0.4) is 0 Å². The molecular formula is C19H18ClFO4. The molecule has 0 N–H and O–H groups in total. The maximum atomic E-state index is 13.2. The van der Waals surface area contributed by atoms with Gasteiger partial charge in [-0.2, -0.15) is 0 Å². The van der Waals surface area contributed by atoms with Gasteiger partial charge in [0.25, 0.3) is 0 Å². The van der Waals surface area contributed by atoms with Crippen LogP contribution in [0.1, 0.15) is 13.8 Å². The molecule has 0 bridgehead atoms. The molecule has 0 saturated carbocycles. The summed E-state index contributed by atoms with van der Waals surface area (Å²) in [7, 11) is 0. The molecule has 0 radical (unpaired) electrons. The van der Waals surface area contributed by atoms with Crippen LogP contribution in [0.5, 0.6) is 17.2 Å². The van der Waals surface area contributed by atoms with Crippen LogP contribution in [-0.2, 0) is 9.47 Å². The summed E-state index contributed by atoms with van der Waals surface area (Å²) in [5.41, 5.74) is 0. The molecule has 0 saturated heterocycles. The van der Waals surface area contributed by atoms with Gasteiger partial charge in [0.05, 0.1) is 5.02 Å². The van der Waals surface area contributed by atoms with Crippen LogP contribution < -0.4 is 9.47 Å². The lowest BCUT2D eigenvalue weighted by atomic mass is 10.2. The van der Waals surface area contributed by atoms with E-state index in [0.29, 0.717) is 28.0 Å².